The maximum Gasteiger partial charge on any atom is 0.250 e. The summed E-state index contributed by atoms with van der Waals surface area (Å²) in [6.45, 7) is 2.31. The van der Waals surface area contributed by atoms with E-state index in [-0.39, 0.29) is 23.8 Å². The predicted molar refractivity (Wildman–Crippen MR) is 125 cm³/mol. The smallest absolute Gasteiger partial charge is 0.250 e. The Bertz CT molecular complexity index is 1090. The molecular formula is C25H27N3O3S. The van der Waals surface area contributed by atoms with E-state index in [0.717, 1.165) is 34.6 Å². The fraction of sp³-hybridized carbons (Fsp3) is 0.400. The number of likely N-dealkylation sites (tertiary alicyclic amines) is 1. The van der Waals surface area contributed by atoms with Crippen LogP contribution in [-0.2, 0) is 26.3 Å². The first-order chi connectivity index (χ1) is 15.5. The fourth-order valence-corrected chi connectivity index (χ4v) is 6.06. The van der Waals surface area contributed by atoms with Gasteiger partial charge >= 0.3 is 0 Å². The Morgan fingerprint density at radius 2 is 1.84 bits per heavy atom. The van der Waals surface area contributed by atoms with Crippen LogP contribution in [0.3, 0.4) is 0 Å². The number of amides is 3. The summed E-state index contributed by atoms with van der Waals surface area (Å²) in [5.74, 6) is -1.01. The molecule has 3 aliphatic rings. The lowest BCUT2D eigenvalue weighted by molar-refractivity contribution is -0.142. The predicted octanol–water partition coefficient (Wildman–Crippen LogP) is 2.71. The number of anilines is 1. The summed E-state index contributed by atoms with van der Waals surface area (Å²) < 4.78 is 0. The SMILES string of the molecule is CSCC[C@@H]1N[C@@]2(C(=O)Nc3ccc(C)cc32)[C@@H]2C(=O)N(CCc3ccccc3)C(=O)[C@H]12. The van der Waals surface area contributed by atoms with Crippen LogP contribution in [0.25, 0.3) is 0 Å². The number of rotatable bonds is 6. The van der Waals surface area contributed by atoms with E-state index in [0.29, 0.717) is 13.0 Å². The van der Waals surface area contributed by atoms with Crippen molar-refractivity contribution in [1.29, 1.82) is 0 Å². The molecule has 32 heavy (non-hydrogen) atoms. The lowest BCUT2D eigenvalue weighted by atomic mass is 9.76. The average molecular weight is 450 g/mol. The van der Waals surface area contributed by atoms with Gasteiger partial charge in [0.05, 0.1) is 11.8 Å². The van der Waals surface area contributed by atoms with Gasteiger partial charge in [-0.3, -0.25) is 24.6 Å². The van der Waals surface area contributed by atoms with E-state index >= 15 is 0 Å². The summed E-state index contributed by atoms with van der Waals surface area (Å²) in [6, 6.07) is 15.4. The van der Waals surface area contributed by atoms with Crippen LogP contribution in [0.2, 0.25) is 0 Å². The average Bonchev–Trinajstić information content (AvgIpc) is 3.37. The molecule has 6 nitrogen and oxygen atoms in total. The van der Waals surface area contributed by atoms with Gasteiger partial charge in [-0.25, -0.2) is 0 Å². The van der Waals surface area contributed by atoms with Gasteiger partial charge in [-0.2, -0.15) is 11.8 Å². The molecule has 0 saturated carbocycles. The number of nitrogens with zero attached hydrogens (tertiary/aromatic N) is 1. The number of imide groups is 1. The van der Waals surface area contributed by atoms with Gasteiger partial charge in [0.15, 0.2) is 0 Å². The zero-order valence-corrected chi connectivity index (χ0v) is 19.1. The molecule has 3 heterocycles. The highest BCUT2D eigenvalue weighted by Crippen LogP contribution is 2.53. The Hall–Kier alpha value is -2.64. The summed E-state index contributed by atoms with van der Waals surface area (Å²) in [7, 11) is 0. The van der Waals surface area contributed by atoms with E-state index in [2.05, 4.69) is 10.6 Å². The monoisotopic (exact) mass is 449 g/mol. The number of thioether (sulfide) groups is 1. The molecule has 5 rings (SSSR count). The van der Waals surface area contributed by atoms with Crippen molar-refractivity contribution in [3.8, 4) is 0 Å². The summed E-state index contributed by atoms with van der Waals surface area (Å²) in [6.07, 6.45) is 3.36. The molecule has 4 atom stereocenters. The van der Waals surface area contributed by atoms with Gasteiger partial charge in [0.2, 0.25) is 17.7 Å². The van der Waals surface area contributed by atoms with Gasteiger partial charge in [0.25, 0.3) is 0 Å². The molecule has 3 amide bonds. The van der Waals surface area contributed by atoms with Crippen molar-refractivity contribution in [2.24, 2.45) is 11.8 Å². The minimum absolute atomic E-state index is 0.152. The summed E-state index contributed by atoms with van der Waals surface area (Å²) in [4.78, 5) is 42.1. The van der Waals surface area contributed by atoms with E-state index in [1.807, 2.05) is 61.7 Å². The third kappa shape index (κ3) is 3.10. The number of carbonyl (C=O) groups is 3. The second-order valence-corrected chi connectivity index (χ2v) is 9.90. The van der Waals surface area contributed by atoms with Gasteiger partial charge in [-0.15, -0.1) is 0 Å². The Kier molecular flexibility index (Phi) is 5.34. The van der Waals surface area contributed by atoms with E-state index in [4.69, 9.17) is 0 Å². The minimum Gasteiger partial charge on any atom is -0.324 e. The molecule has 1 spiro atoms. The van der Waals surface area contributed by atoms with Crippen LogP contribution in [0.1, 0.15) is 23.1 Å². The number of carbonyl (C=O) groups excluding carboxylic acids is 3. The quantitative estimate of drug-likeness (QED) is 0.663. The zero-order chi connectivity index (χ0) is 22.5. The van der Waals surface area contributed by atoms with Crippen LogP contribution >= 0.6 is 11.8 Å². The van der Waals surface area contributed by atoms with Crippen molar-refractivity contribution >= 4 is 35.2 Å². The van der Waals surface area contributed by atoms with Crippen LogP contribution in [0.15, 0.2) is 48.5 Å². The Morgan fingerprint density at radius 3 is 2.59 bits per heavy atom. The summed E-state index contributed by atoms with van der Waals surface area (Å²) >= 11 is 1.70. The third-order valence-corrected chi connectivity index (χ3v) is 7.71. The zero-order valence-electron chi connectivity index (χ0n) is 18.3. The molecule has 2 saturated heterocycles. The highest BCUT2D eigenvalue weighted by molar-refractivity contribution is 7.98. The van der Waals surface area contributed by atoms with Crippen molar-refractivity contribution in [2.45, 2.75) is 31.3 Å². The second-order valence-electron chi connectivity index (χ2n) is 8.91. The van der Waals surface area contributed by atoms with Gasteiger partial charge < -0.3 is 5.32 Å². The Balaban J connectivity index is 1.53. The number of nitrogens with one attached hydrogen (secondary N) is 2. The molecule has 0 aromatic heterocycles. The topological polar surface area (TPSA) is 78.5 Å². The van der Waals surface area contributed by atoms with Gasteiger partial charge in [0, 0.05) is 23.8 Å². The Morgan fingerprint density at radius 1 is 1.06 bits per heavy atom. The molecule has 0 aliphatic carbocycles. The minimum atomic E-state index is -1.19. The molecule has 2 aromatic rings. The van der Waals surface area contributed by atoms with E-state index in [1.165, 1.54) is 4.90 Å². The molecule has 0 radical (unpaired) electrons. The molecule has 2 N–H and O–H groups in total. The largest absolute Gasteiger partial charge is 0.324 e. The molecule has 7 heteroatoms. The number of benzene rings is 2. The molecule has 166 valence electrons. The molecule has 2 aromatic carbocycles. The van der Waals surface area contributed by atoms with Crippen molar-refractivity contribution in [1.82, 2.24) is 10.2 Å². The fourth-order valence-electron chi connectivity index (χ4n) is 5.57. The number of hydrogen-bond acceptors (Lipinski definition) is 5. The number of hydrogen-bond donors (Lipinski definition) is 2. The van der Waals surface area contributed by atoms with Crippen LogP contribution in [0.5, 0.6) is 0 Å². The van der Waals surface area contributed by atoms with E-state index < -0.39 is 17.4 Å². The first kappa shape index (κ1) is 21.2. The molecule has 2 fully saturated rings. The van der Waals surface area contributed by atoms with Gasteiger partial charge in [-0.1, -0.05) is 48.0 Å². The van der Waals surface area contributed by atoms with Crippen LogP contribution < -0.4 is 10.6 Å². The van der Waals surface area contributed by atoms with Crippen LogP contribution in [0, 0.1) is 18.8 Å². The maximum atomic E-state index is 13.7. The van der Waals surface area contributed by atoms with E-state index in [9.17, 15) is 14.4 Å². The second kappa shape index (κ2) is 8.05. The van der Waals surface area contributed by atoms with Crippen molar-refractivity contribution in [3.05, 3.63) is 65.2 Å². The first-order valence-electron chi connectivity index (χ1n) is 11.1. The molecule has 0 bridgehead atoms. The summed E-state index contributed by atoms with van der Waals surface area (Å²) in [5.41, 5.74) is 2.42. The van der Waals surface area contributed by atoms with Gasteiger partial charge in [0.1, 0.15) is 5.54 Å². The van der Waals surface area contributed by atoms with Crippen molar-refractivity contribution < 1.29 is 14.4 Å². The molecule has 0 unspecified atom stereocenters. The lowest BCUT2D eigenvalue weighted by Crippen LogP contribution is -2.53. The van der Waals surface area contributed by atoms with Crippen LogP contribution in [-0.4, -0.2) is 47.2 Å². The highest BCUT2D eigenvalue weighted by Gasteiger charge is 2.70. The molecular weight excluding hydrogens is 422 g/mol. The lowest BCUT2D eigenvalue weighted by Gasteiger charge is -2.29. The van der Waals surface area contributed by atoms with Gasteiger partial charge in [-0.05, 0) is 43.4 Å². The maximum absolute atomic E-state index is 13.7. The van der Waals surface area contributed by atoms with Crippen molar-refractivity contribution in [3.63, 3.8) is 0 Å². The Labute approximate surface area is 192 Å². The van der Waals surface area contributed by atoms with Crippen molar-refractivity contribution in [2.75, 3.05) is 23.9 Å². The third-order valence-electron chi connectivity index (χ3n) is 7.06. The number of aryl methyl sites for hydroxylation is 1. The normalized spacial score (nSPS) is 28.4. The molecule has 3 aliphatic heterocycles. The standard InChI is InChI=1S/C25H27N3O3S/c1-15-8-9-18-17(14-15)25(24(31)26-18)21-20(19(27-25)11-13-32-2)22(29)28(23(21)30)12-10-16-6-4-3-5-7-16/h3-9,14,19-21,27H,10-13H2,1-2H3,(H,26,31)/t19-,20+,21-,25+/m0/s1. The highest BCUT2D eigenvalue weighted by atomic mass is 32.2. The van der Waals surface area contributed by atoms with Crippen LogP contribution in [0.4, 0.5) is 5.69 Å². The van der Waals surface area contributed by atoms with E-state index in [1.54, 1.807) is 11.8 Å². The number of fused-ring (bicyclic) bond motifs is 4. The summed E-state index contributed by atoms with van der Waals surface area (Å²) in [5, 5.41) is 6.46. The first-order valence-corrected chi connectivity index (χ1v) is 12.4.